The molecule has 0 heterocycles. The molecule has 1 aliphatic carbocycles. The predicted molar refractivity (Wildman–Crippen MR) is 93.2 cm³/mol. The van der Waals surface area contributed by atoms with Crippen LogP contribution in [0, 0.1) is 11.8 Å². The second kappa shape index (κ2) is 9.59. The average molecular weight is 345 g/mol. The molecule has 0 bridgehead atoms. The minimum atomic E-state index is -0.449. The molecular formula is C18H23N3O4. The lowest BCUT2D eigenvalue weighted by molar-refractivity contribution is 0.0600. The van der Waals surface area contributed by atoms with Crippen LogP contribution in [0.5, 0.6) is 0 Å². The van der Waals surface area contributed by atoms with Crippen molar-refractivity contribution in [3.05, 3.63) is 29.8 Å². The van der Waals surface area contributed by atoms with Gasteiger partial charge in [0.1, 0.15) is 0 Å². The molecule has 0 radical (unpaired) electrons. The Balaban J connectivity index is 1.80. The molecule has 0 aliphatic heterocycles. The highest BCUT2D eigenvalue weighted by Crippen LogP contribution is 2.28. The van der Waals surface area contributed by atoms with Crippen LogP contribution in [0.3, 0.4) is 0 Å². The summed E-state index contributed by atoms with van der Waals surface area (Å²) in [6, 6.07) is 6.27. The van der Waals surface area contributed by atoms with Gasteiger partial charge >= 0.3 is 12.0 Å². The third kappa shape index (κ3) is 6.04. The van der Waals surface area contributed by atoms with Crippen LogP contribution < -0.4 is 10.6 Å². The number of methoxy groups -OCH3 is 1. The second-order valence-electron chi connectivity index (χ2n) is 6.24. The van der Waals surface area contributed by atoms with Gasteiger partial charge in [-0.15, -0.1) is 0 Å². The molecule has 2 amide bonds. The Labute approximate surface area is 146 Å². The van der Waals surface area contributed by atoms with Gasteiger partial charge in [0.15, 0.2) is 0 Å². The van der Waals surface area contributed by atoms with Crippen LogP contribution in [-0.4, -0.2) is 38.3 Å². The van der Waals surface area contributed by atoms with E-state index in [4.69, 9.17) is 0 Å². The predicted octanol–water partition coefficient (Wildman–Crippen LogP) is 2.74. The van der Waals surface area contributed by atoms with Gasteiger partial charge in [-0.05, 0) is 49.3 Å². The second-order valence-corrected chi connectivity index (χ2v) is 6.24. The van der Waals surface area contributed by atoms with Gasteiger partial charge in [0.25, 0.3) is 0 Å². The highest BCUT2D eigenvalue weighted by Gasteiger charge is 2.22. The van der Waals surface area contributed by atoms with Crippen LogP contribution in [0.15, 0.2) is 29.3 Å². The number of amides is 2. The van der Waals surface area contributed by atoms with E-state index in [2.05, 4.69) is 20.4 Å². The fourth-order valence-electron chi connectivity index (χ4n) is 3.17. The molecule has 2 atom stereocenters. The maximum atomic E-state index is 12.1. The standard InChI is InChI=1S/C18H23N3O4/c1-25-17(23)15-6-3-7-16(9-15)21-18(24)20-11-14-5-2-4-13(8-14)10-19-12-22/h3,6-7,9,13-14H,2,4-5,8,10-11H2,1H3,(H2,20,21,24). The number of urea groups is 1. The van der Waals surface area contributed by atoms with Crippen molar-refractivity contribution < 1.29 is 19.1 Å². The van der Waals surface area contributed by atoms with E-state index in [1.807, 2.05) is 0 Å². The molecule has 7 nitrogen and oxygen atoms in total. The highest BCUT2D eigenvalue weighted by molar-refractivity contribution is 5.93. The molecule has 2 N–H and O–H groups in total. The lowest BCUT2D eigenvalue weighted by Gasteiger charge is -2.28. The SMILES string of the molecule is COC(=O)c1cccc(NC(=O)NCC2CCCC(CN=C=O)C2)c1. The fourth-order valence-corrected chi connectivity index (χ4v) is 3.17. The number of esters is 1. The molecule has 0 aromatic heterocycles. The Kier molecular flexibility index (Phi) is 7.16. The fraction of sp³-hybridized carbons (Fsp3) is 0.500. The first-order valence-electron chi connectivity index (χ1n) is 8.39. The van der Waals surface area contributed by atoms with E-state index in [0.717, 1.165) is 25.7 Å². The number of rotatable bonds is 6. The zero-order chi connectivity index (χ0) is 18.1. The number of anilines is 1. The van der Waals surface area contributed by atoms with Gasteiger partial charge in [-0.3, -0.25) is 0 Å². The maximum Gasteiger partial charge on any atom is 0.337 e. The van der Waals surface area contributed by atoms with E-state index in [9.17, 15) is 14.4 Å². The number of nitrogens with zero attached hydrogens (tertiary/aromatic N) is 1. The number of benzene rings is 1. The van der Waals surface area contributed by atoms with Crippen molar-refractivity contribution in [2.75, 3.05) is 25.5 Å². The number of aliphatic imine (C=N–C) groups is 1. The van der Waals surface area contributed by atoms with Gasteiger partial charge in [-0.2, -0.15) is 0 Å². The molecule has 0 spiro atoms. The molecule has 1 aromatic carbocycles. The zero-order valence-corrected chi connectivity index (χ0v) is 14.3. The average Bonchev–Trinajstić information content (AvgIpc) is 2.64. The molecular weight excluding hydrogens is 322 g/mol. The number of hydrogen-bond acceptors (Lipinski definition) is 5. The van der Waals surface area contributed by atoms with Gasteiger partial charge in [-0.25, -0.2) is 19.4 Å². The lowest BCUT2D eigenvalue weighted by Crippen LogP contribution is -2.35. The number of isocyanates is 1. The molecule has 134 valence electrons. The van der Waals surface area contributed by atoms with E-state index >= 15 is 0 Å². The monoisotopic (exact) mass is 345 g/mol. The van der Waals surface area contributed by atoms with Crippen LogP contribution in [0.4, 0.5) is 10.5 Å². The van der Waals surface area contributed by atoms with E-state index in [1.54, 1.807) is 30.3 Å². The summed E-state index contributed by atoms with van der Waals surface area (Å²) in [4.78, 5) is 37.4. The van der Waals surface area contributed by atoms with Crippen LogP contribution in [0.2, 0.25) is 0 Å². The normalized spacial score (nSPS) is 19.4. The Bertz CT molecular complexity index is 655. The first kappa shape index (κ1) is 18.7. The van der Waals surface area contributed by atoms with Gasteiger partial charge < -0.3 is 15.4 Å². The molecule has 2 unspecified atom stereocenters. The number of ether oxygens (including phenoxy) is 1. The molecule has 1 aliphatic rings. The van der Waals surface area contributed by atoms with Crippen LogP contribution >= 0.6 is 0 Å². The van der Waals surface area contributed by atoms with Crippen LogP contribution in [0.25, 0.3) is 0 Å². The molecule has 1 fully saturated rings. The van der Waals surface area contributed by atoms with E-state index in [0.29, 0.717) is 36.2 Å². The highest BCUT2D eigenvalue weighted by atomic mass is 16.5. The van der Waals surface area contributed by atoms with Crippen LogP contribution in [0.1, 0.15) is 36.0 Å². The molecule has 25 heavy (non-hydrogen) atoms. The van der Waals surface area contributed by atoms with Crippen molar-refractivity contribution in [2.24, 2.45) is 16.8 Å². The smallest absolute Gasteiger partial charge is 0.337 e. The summed E-state index contributed by atoms with van der Waals surface area (Å²) in [6.07, 6.45) is 5.73. The van der Waals surface area contributed by atoms with Crippen molar-refractivity contribution in [3.8, 4) is 0 Å². The molecule has 2 rings (SSSR count). The number of nitrogens with one attached hydrogen (secondary N) is 2. The number of carbonyl (C=O) groups excluding carboxylic acids is 3. The minimum Gasteiger partial charge on any atom is -0.465 e. The van der Waals surface area contributed by atoms with Crippen molar-refractivity contribution in [2.45, 2.75) is 25.7 Å². The zero-order valence-electron chi connectivity index (χ0n) is 14.3. The Morgan fingerprint density at radius 2 is 2.12 bits per heavy atom. The summed E-state index contributed by atoms with van der Waals surface area (Å²) >= 11 is 0. The largest absolute Gasteiger partial charge is 0.465 e. The summed E-state index contributed by atoms with van der Waals surface area (Å²) in [5, 5.41) is 5.58. The first-order chi connectivity index (χ1) is 12.1. The quantitative estimate of drug-likeness (QED) is 0.471. The number of carbonyl (C=O) groups is 2. The van der Waals surface area contributed by atoms with E-state index in [-0.39, 0.29) is 6.03 Å². The molecule has 1 aromatic rings. The van der Waals surface area contributed by atoms with E-state index < -0.39 is 5.97 Å². The van der Waals surface area contributed by atoms with Crippen molar-refractivity contribution in [3.63, 3.8) is 0 Å². The maximum absolute atomic E-state index is 12.1. The summed E-state index contributed by atoms with van der Waals surface area (Å²) in [5.74, 6) is 0.324. The summed E-state index contributed by atoms with van der Waals surface area (Å²) < 4.78 is 4.66. The van der Waals surface area contributed by atoms with Gasteiger partial charge in [0, 0.05) is 12.2 Å². The summed E-state index contributed by atoms with van der Waals surface area (Å²) in [5.41, 5.74) is 0.911. The van der Waals surface area contributed by atoms with Gasteiger partial charge in [-0.1, -0.05) is 12.5 Å². The Morgan fingerprint density at radius 3 is 2.88 bits per heavy atom. The van der Waals surface area contributed by atoms with E-state index in [1.165, 1.54) is 7.11 Å². The summed E-state index contributed by atoms with van der Waals surface area (Å²) in [6.45, 7) is 1.09. The molecule has 1 saturated carbocycles. The van der Waals surface area contributed by atoms with Gasteiger partial charge in [0.2, 0.25) is 6.08 Å². The van der Waals surface area contributed by atoms with Crippen molar-refractivity contribution >= 4 is 23.8 Å². The first-order valence-corrected chi connectivity index (χ1v) is 8.39. The lowest BCUT2D eigenvalue weighted by atomic mass is 9.81. The van der Waals surface area contributed by atoms with Crippen molar-refractivity contribution in [1.29, 1.82) is 0 Å². The van der Waals surface area contributed by atoms with Crippen LogP contribution in [-0.2, 0) is 9.53 Å². The molecule has 0 saturated heterocycles. The van der Waals surface area contributed by atoms with Gasteiger partial charge in [0.05, 0.1) is 19.2 Å². The number of hydrogen-bond donors (Lipinski definition) is 2. The Hall–Kier alpha value is -2.66. The minimum absolute atomic E-state index is 0.310. The third-order valence-electron chi connectivity index (χ3n) is 4.40. The molecule has 7 heteroatoms. The Morgan fingerprint density at radius 1 is 1.32 bits per heavy atom. The van der Waals surface area contributed by atoms with Crippen molar-refractivity contribution in [1.82, 2.24) is 5.32 Å². The summed E-state index contributed by atoms with van der Waals surface area (Å²) in [7, 11) is 1.31. The third-order valence-corrected chi connectivity index (χ3v) is 4.40. The topological polar surface area (TPSA) is 96.9 Å².